The molecule has 2 rings (SSSR count). The van der Waals surface area contributed by atoms with Gasteiger partial charge < -0.3 is 10.8 Å². The van der Waals surface area contributed by atoms with E-state index in [4.69, 9.17) is 10.8 Å². The van der Waals surface area contributed by atoms with E-state index in [1.54, 1.807) is 6.92 Å². The highest BCUT2D eigenvalue weighted by Gasteiger charge is 2.15. The van der Waals surface area contributed by atoms with Crippen LogP contribution >= 0.6 is 23.1 Å². The molecule has 1 aromatic heterocycles. The summed E-state index contributed by atoms with van der Waals surface area (Å²) >= 11 is 2.33. The molecule has 94 valence electrons. The number of hydrogen-bond donors (Lipinski definition) is 2. The fourth-order valence-corrected chi connectivity index (χ4v) is 3.06. The Morgan fingerprint density at radius 2 is 2.22 bits per heavy atom. The van der Waals surface area contributed by atoms with Crippen LogP contribution in [0.4, 0.5) is 10.1 Å². The van der Waals surface area contributed by atoms with Crippen LogP contribution in [-0.4, -0.2) is 21.3 Å². The standard InChI is InChI=1S/C10H8FN3O2S2/c1-4-13-14-10(17-4)18-8-2-5(9(15)16)7(12)3-6(8)11/h2-3H,12H2,1H3,(H,15,16). The van der Waals surface area contributed by atoms with Crippen molar-refractivity contribution in [3.63, 3.8) is 0 Å². The molecule has 0 amide bonds. The molecule has 0 aliphatic heterocycles. The molecule has 0 unspecified atom stereocenters. The van der Waals surface area contributed by atoms with Crippen molar-refractivity contribution in [2.75, 3.05) is 5.73 Å². The Morgan fingerprint density at radius 3 is 2.78 bits per heavy atom. The van der Waals surface area contributed by atoms with Gasteiger partial charge in [0.15, 0.2) is 4.34 Å². The Kier molecular flexibility index (Phi) is 3.48. The summed E-state index contributed by atoms with van der Waals surface area (Å²) in [7, 11) is 0. The first-order valence-corrected chi connectivity index (χ1v) is 6.41. The molecule has 5 nitrogen and oxygen atoms in total. The molecule has 0 atom stereocenters. The molecular weight excluding hydrogens is 277 g/mol. The summed E-state index contributed by atoms with van der Waals surface area (Å²) in [4.78, 5) is 11.1. The van der Waals surface area contributed by atoms with E-state index in [2.05, 4.69) is 10.2 Å². The van der Waals surface area contributed by atoms with Gasteiger partial charge in [0.05, 0.1) is 10.5 Å². The number of carboxylic acid groups (broad SMARTS) is 1. The first-order valence-electron chi connectivity index (χ1n) is 4.77. The first-order chi connectivity index (χ1) is 8.47. The first kappa shape index (κ1) is 12.8. The van der Waals surface area contributed by atoms with Crippen LogP contribution in [0.25, 0.3) is 0 Å². The van der Waals surface area contributed by atoms with Crippen LogP contribution < -0.4 is 5.73 Å². The number of benzene rings is 1. The fourth-order valence-electron chi connectivity index (χ4n) is 1.25. The van der Waals surface area contributed by atoms with Crippen molar-refractivity contribution in [3.8, 4) is 0 Å². The second-order valence-electron chi connectivity index (χ2n) is 3.36. The van der Waals surface area contributed by atoms with Gasteiger partial charge in [0.1, 0.15) is 10.8 Å². The Morgan fingerprint density at radius 1 is 1.50 bits per heavy atom. The molecule has 0 saturated carbocycles. The number of aromatic nitrogens is 2. The van der Waals surface area contributed by atoms with E-state index in [0.29, 0.717) is 4.34 Å². The third-order valence-corrected chi connectivity index (χ3v) is 3.96. The number of anilines is 1. The van der Waals surface area contributed by atoms with E-state index in [9.17, 15) is 9.18 Å². The summed E-state index contributed by atoms with van der Waals surface area (Å²) in [5.74, 6) is -1.77. The van der Waals surface area contributed by atoms with Crippen LogP contribution in [0.15, 0.2) is 21.4 Å². The monoisotopic (exact) mass is 285 g/mol. The van der Waals surface area contributed by atoms with Crippen molar-refractivity contribution in [2.24, 2.45) is 0 Å². The zero-order chi connectivity index (χ0) is 13.3. The van der Waals surface area contributed by atoms with E-state index in [1.165, 1.54) is 17.4 Å². The number of nitrogen functional groups attached to an aromatic ring is 1. The lowest BCUT2D eigenvalue weighted by Gasteiger charge is -2.05. The van der Waals surface area contributed by atoms with Crippen molar-refractivity contribution in [2.45, 2.75) is 16.2 Å². The minimum absolute atomic E-state index is 0.0993. The van der Waals surface area contributed by atoms with Crippen LogP contribution in [0.1, 0.15) is 15.4 Å². The molecule has 0 aliphatic carbocycles. The van der Waals surface area contributed by atoms with Gasteiger partial charge in [-0.25, -0.2) is 9.18 Å². The maximum absolute atomic E-state index is 13.6. The molecule has 2 aromatic rings. The van der Waals surface area contributed by atoms with Crippen molar-refractivity contribution < 1.29 is 14.3 Å². The van der Waals surface area contributed by atoms with Gasteiger partial charge >= 0.3 is 5.97 Å². The van der Waals surface area contributed by atoms with Crippen LogP contribution in [-0.2, 0) is 0 Å². The molecule has 0 saturated heterocycles. The fraction of sp³-hybridized carbons (Fsp3) is 0.100. The maximum atomic E-state index is 13.6. The summed E-state index contributed by atoms with van der Waals surface area (Å²) in [6.45, 7) is 1.78. The lowest BCUT2D eigenvalue weighted by Crippen LogP contribution is -2.03. The number of carbonyl (C=O) groups is 1. The largest absolute Gasteiger partial charge is 0.478 e. The van der Waals surface area contributed by atoms with Crippen LogP contribution in [0, 0.1) is 12.7 Å². The molecule has 0 bridgehead atoms. The SMILES string of the molecule is Cc1nnc(Sc2cc(C(=O)O)c(N)cc2F)s1. The quantitative estimate of drug-likeness (QED) is 0.842. The zero-order valence-corrected chi connectivity index (χ0v) is 10.8. The van der Waals surface area contributed by atoms with Gasteiger partial charge in [0.25, 0.3) is 0 Å². The van der Waals surface area contributed by atoms with E-state index in [-0.39, 0.29) is 16.1 Å². The number of aryl methyl sites for hydroxylation is 1. The van der Waals surface area contributed by atoms with Gasteiger partial charge in [-0.2, -0.15) is 0 Å². The number of hydrogen-bond acceptors (Lipinski definition) is 6. The minimum atomic E-state index is -1.19. The second-order valence-corrected chi connectivity index (χ2v) is 5.83. The smallest absolute Gasteiger partial charge is 0.337 e. The molecule has 3 N–H and O–H groups in total. The number of nitrogens with two attached hydrogens (primary N) is 1. The zero-order valence-electron chi connectivity index (χ0n) is 9.18. The Hall–Kier alpha value is -1.67. The van der Waals surface area contributed by atoms with Crippen molar-refractivity contribution in [1.82, 2.24) is 10.2 Å². The van der Waals surface area contributed by atoms with E-state index in [1.807, 2.05) is 0 Å². The number of aromatic carboxylic acids is 1. The third-order valence-electron chi connectivity index (χ3n) is 2.04. The maximum Gasteiger partial charge on any atom is 0.337 e. The highest BCUT2D eigenvalue weighted by atomic mass is 32.2. The second kappa shape index (κ2) is 4.91. The highest BCUT2D eigenvalue weighted by Crippen LogP contribution is 2.33. The van der Waals surface area contributed by atoms with Crippen LogP contribution in [0.2, 0.25) is 0 Å². The summed E-state index contributed by atoms with van der Waals surface area (Å²) in [6.07, 6.45) is 0. The summed E-state index contributed by atoms with van der Waals surface area (Å²) in [6, 6.07) is 2.20. The number of nitrogens with zero attached hydrogens (tertiary/aromatic N) is 2. The molecule has 8 heteroatoms. The molecule has 18 heavy (non-hydrogen) atoms. The molecular formula is C10H8FN3O2S2. The normalized spacial score (nSPS) is 10.6. The average molecular weight is 285 g/mol. The molecule has 1 heterocycles. The van der Waals surface area contributed by atoms with Gasteiger partial charge in [-0.3, -0.25) is 0 Å². The summed E-state index contributed by atoms with van der Waals surface area (Å²) in [5.41, 5.74) is 5.21. The molecule has 1 aromatic carbocycles. The van der Waals surface area contributed by atoms with Gasteiger partial charge in [-0.1, -0.05) is 23.1 Å². The van der Waals surface area contributed by atoms with Gasteiger partial charge in [-0.15, -0.1) is 10.2 Å². The van der Waals surface area contributed by atoms with Crippen molar-refractivity contribution >= 4 is 34.8 Å². The summed E-state index contributed by atoms with van der Waals surface area (Å²) in [5, 5.41) is 17.3. The van der Waals surface area contributed by atoms with Crippen molar-refractivity contribution in [3.05, 3.63) is 28.5 Å². The third kappa shape index (κ3) is 2.59. The number of halogens is 1. The number of carboxylic acids is 1. The molecule has 0 fully saturated rings. The van der Waals surface area contributed by atoms with Crippen LogP contribution in [0.5, 0.6) is 0 Å². The van der Waals surface area contributed by atoms with Gasteiger partial charge in [-0.05, 0) is 19.1 Å². The predicted molar refractivity (Wildman–Crippen MR) is 66.5 cm³/mol. The van der Waals surface area contributed by atoms with E-state index >= 15 is 0 Å². The van der Waals surface area contributed by atoms with E-state index < -0.39 is 11.8 Å². The van der Waals surface area contributed by atoms with Crippen LogP contribution in [0.3, 0.4) is 0 Å². The molecule has 0 spiro atoms. The van der Waals surface area contributed by atoms with Crippen molar-refractivity contribution in [1.29, 1.82) is 0 Å². The Labute approximate surface area is 110 Å². The number of rotatable bonds is 3. The lowest BCUT2D eigenvalue weighted by molar-refractivity contribution is 0.0697. The van der Waals surface area contributed by atoms with E-state index in [0.717, 1.165) is 22.8 Å². The molecule has 0 radical (unpaired) electrons. The Balaban J connectivity index is 2.38. The van der Waals surface area contributed by atoms with Gasteiger partial charge in [0, 0.05) is 5.69 Å². The molecule has 0 aliphatic rings. The average Bonchev–Trinajstić information content (AvgIpc) is 2.67. The topological polar surface area (TPSA) is 89.1 Å². The highest BCUT2D eigenvalue weighted by molar-refractivity contribution is 8.01. The lowest BCUT2D eigenvalue weighted by atomic mass is 10.2. The minimum Gasteiger partial charge on any atom is -0.478 e. The predicted octanol–water partition coefficient (Wildman–Crippen LogP) is 2.42. The Bertz CT molecular complexity index is 615. The summed E-state index contributed by atoms with van der Waals surface area (Å²) < 4.78 is 14.2. The van der Waals surface area contributed by atoms with Gasteiger partial charge in [0.2, 0.25) is 0 Å².